The van der Waals surface area contributed by atoms with Crippen LogP contribution in [0.25, 0.3) is 0 Å². The molecule has 0 aromatic heterocycles. The normalized spacial score (nSPS) is 10.0. The molecule has 0 saturated heterocycles. The Balaban J connectivity index is 0.00000121. The van der Waals surface area contributed by atoms with Crippen molar-refractivity contribution in [2.45, 2.75) is 20.4 Å². The number of likely N-dealkylation sites (N-methyl/N-ethyl adjacent to an activating group) is 1. The molecule has 0 aliphatic carbocycles. The highest BCUT2D eigenvalue weighted by molar-refractivity contribution is 6.37. The molecule has 0 radical (unpaired) electrons. The smallest absolute Gasteiger partial charge is 0.286 e. The van der Waals surface area contributed by atoms with Crippen molar-refractivity contribution in [3.8, 4) is 0 Å². The number of amides is 1. The molecule has 0 bridgehead atoms. The molecule has 4 nitrogen and oxygen atoms in total. The van der Waals surface area contributed by atoms with E-state index in [0.717, 1.165) is 5.56 Å². The van der Waals surface area contributed by atoms with Crippen molar-refractivity contribution in [3.63, 3.8) is 0 Å². The third-order valence-electron chi connectivity index (χ3n) is 1.97. The van der Waals surface area contributed by atoms with Crippen LogP contribution in [0.1, 0.15) is 19.4 Å². The summed E-state index contributed by atoms with van der Waals surface area (Å²) < 4.78 is 0. The molecule has 0 saturated carbocycles. The predicted molar refractivity (Wildman–Crippen MR) is 72.1 cm³/mol. The summed E-state index contributed by atoms with van der Waals surface area (Å²) in [6, 6.07) is 9.74. The Morgan fingerprint density at radius 1 is 1.24 bits per heavy atom. The van der Waals surface area contributed by atoms with Crippen LogP contribution in [0.4, 0.5) is 0 Å². The van der Waals surface area contributed by atoms with Crippen LogP contribution in [-0.4, -0.2) is 25.8 Å². The highest BCUT2D eigenvalue weighted by Gasteiger charge is 2.06. The quantitative estimate of drug-likeness (QED) is 0.604. The van der Waals surface area contributed by atoms with Crippen LogP contribution in [0.5, 0.6) is 0 Å². The number of nitrogens with zero attached hydrogens (tertiary/aromatic N) is 1. The zero-order valence-electron chi connectivity index (χ0n) is 10.9. The van der Waals surface area contributed by atoms with Gasteiger partial charge in [0.25, 0.3) is 5.91 Å². The Kier molecular flexibility index (Phi) is 8.37. The molecular weight excluding hydrogens is 214 g/mol. The van der Waals surface area contributed by atoms with Crippen molar-refractivity contribution in [2.75, 3.05) is 14.1 Å². The fraction of sp³-hybridized carbons (Fsp3) is 0.385. The van der Waals surface area contributed by atoms with Crippen molar-refractivity contribution < 1.29 is 4.79 Å². The minimum Gasteiger partial charge on any atom is -0.369 e. The van der Waals surface area contributed by atoms with E-state index in [1.165, 1.54) is 0 Å². The Labute approximate surface area is 103 Å². The monoisotopic (exact) mass is 235 g/mol. The van der Waals surface area contributed by atoms with Gasteiger partial charge in [-0.25, -0.2) is 0 Å². The second-order valence-electron chi connectivity index (χ2n) is 2.99. The average Bonchev–Trinajstić information content (AvgIpc) is 2.41. The molecule has 0 atom stereocenters. The number of carbonyl (C=O) groups is 1. The van der Waals surface area contributed by atoms with E-state index in [2.05, 4.69) is 15.6 Å². The van der Waals surface area contributed by atoms with Gasteiger partial charge in [0, 0.05) is 20.6 Å². The van der Waals surface area contributed by atoms with Gasteiger partial charge in [-0.2, -0.15) is 0 Å². The molecule has 17 heavy (non-hydrogen) atoms. The van der Waals surface area contributed by atoms with Gasteiger partial charge in [0.15, 0.2) is 5.84 Å². The van der Waals surface area contributed by atoms with Crippen LogP contribution in [0.3, 0.4) is 0 Å². The van der Waals surface area contributed by atoms with Crippen molar-refractivity contribution >= 4 is 11.7 Å². The maximum atomic E-state index is 11.5. The van der Waals surface area contributed by atoms with E-state index < -0.39 is 0 Å². The van der Waals surface area contributed by atoms with Gasteiger partial charge < -0.3 is 10.6 Å². The Hall–Kier alpha value is -1.84. The minimum absolute atomic E-state index is 0.191. The van der Waals surface area contributed by atoms with E-state index in [9.17, 15) is 4.79 Å². The lowest BCUT2D eigenvalue weighted by molar-refractivity contribution is -0.115. The maximum Gasteiger partial charge on any atom is 0.286 e. The molecule has 1 aromatic rings. The van der Waals surface area contributed by atoms with E-state index in [1.54, 1.807) is 14.1 Å². The van der Waals surface area contributed by atoms with Gasteiger partial charge in [0.2, 0.25) is 0 Å². The standard InChI is InChI=1S/C11H15N3O.C2H6/c1-12-10(13-2)11(15)14-8-9-6-4-3-5-7-9;1-2/h3-7H,8H2,1-2H3,(H,12,13)(H,14,15);1-2H3. The molecule has 1 amide bonds. The van der Waals surface area contributed by atoms with E-state index in [-0.39, 0.29) is 5.91 Å². The zero-order chi connectivity index (χ0) is 13.1. The predicted octanol–water partition coefficient (Wildman–Crippen LogP) is 1.58. The zero-order valence-corrected chi connectivity index (χ0v) is 10.9. The van der Waals surface area contributed by atoms with Crippen molar-refractivity contribution in [3.05, 3.63) is 35.9 Å². The average molecular weight is 235 g/mol. The SMILES string of the molecule is CC.CN=C(NC)C(=O)NCc1ccccc1. The summed E-state index contributed by atoms with van der Waals surface area (Å²) in [6.45, 7) is 4.51. The van der Waals surface area contributed by atoms with E-state index in [0.29, 0.717) is 12.4 Å². The Bertz CT molecular complexity index is 347. The summed E-state index contributed by atoms with van der Waals surface area (Å²) in [6.07, 6.45) is 0. The van der Waals surface area contributed by atoms with Crippen LogP contribution in [0.15, 0.2) is 35.3 Å². The summed E-state index contributed by atoms with van der Waals surface area (Å²) in [5, 5.41) is 5.49. The largest absolute Gasteiger partial charge is 0.369 e. The first-order valence-corrected chi connectivity index (χ1v) is 5.74. The van der Waals surface area contributed by atoms with Crippen molar-refractivity contribution in [1.82, 2.24) is 10.6 Å². The summed E-state index contributed by atoms with van der Waals surface area (Å²) >= 11 is 0. The molecule has 0 spiro atoms. The lowest BCUT2D eigenvalue weighted by Crippen LogP contribution is -2.37. The van der Waals surface area contributed by atoms with Gasteiger partial charge in [0.1, 0.15) is 0 Å². The molecular formula is C13H21N3O. The number of aliphatic imine (C=N–C) groups is 1. The molecule has 0 aliphatic rings. The lowest BCUT2D eigenvalue weighted by Gasteiger charge is -2.06. The molecule has 0 unspecified atom stereocenters. The van der Waals surface area contributed by atoms with Crippen molar-refractivity contribution in [2.24, 2.45) is 4.99 Å². The summed E-state index contributed by atoms with van der Waals surface area (Å²) in [5.41, 5.74) is 1.07. The molecule has 1 rings (SSSR count). The summed E-state index contributed by atoms with van der Waals surface area (Å²) in [5.74, 6) is 0.148. The van der Waals surface area contributed by atoms with Crippen LogP contribution >= 0.6 is 0 Å². The van der Waals surface area contributed by atoms with E-state index in [1.807, 2.05) is 44.2 Å². The number of hydrogen-bond donors (Lipinski definition) is 2. The minimum atomic E-state index is -0.191. The van der Waals surface area contributed by atoms with Gasteiger partial charge in [-0.15, -0.1) is 0 Å². The van der Waals surface area contributed by atoms with E-state index >= 15 is 0 Å². The lowest BCUT2D eigenvalue weighted by atomic mass is 10.2. The topological polar surface area (TPSA) is 53.5 Å². The third kappa shape index (κ3) is 5.70. The second-order valence-corrected chi connectivity index (χ2v) is 2.99. The summed E-state index contributed by atoms with van der Waals surface area (Å²) in [4.78, 5) is 15.3. The van der Waals surface area contributed by atoms with Crippen LogP contribution in [0, 0.1) is 0 Å². The molecule has 94 valence electrons. The molecule has 2 N–H and O–H groups in total. The first-order chi connectivity index (χ1) is 8.27. The first-order valence-electron chi connectivity index (χ1n) is 5.74. The fourth-order valence-electron chi connectivity index (χ4n) is 1.19. The number of carbonyl (C=O) groups excluding carboxylic acids is 1. The van der Waals surface area contributed by atoms with Crippen LogP contribution in [-0.2, 0) is 11.3 Å². The number of amidine groups is 1. The molecule has 0 heterocycles. The number of nitrogens with one attached hydrogen (secondary N) is 2. The Morgan fingerprint density at radius 3 is 2.29 bits per heavy atom. The molecule has 4 heteroatoms. The highest BCUT2D eigenvalue weighted by atomic mass is 16.2. The number of hydrogen-bond acceptors (Lipinski definition) is 2. The molecule has 0 fully saturated rings. The van der Waals surface area contributed by atoms with Gasteiger partial charge in [-0.1, -0.05) is 44.2 Å². The van der Waals surface area contributed by atoms with Gasteiger partial charge in [-0.3, -0.25) is 9.79 Å². The third-order valence-corrected chi connectivity index (χ3v) is 1.97. The van der Waals surface area contributed by atoms with E-state index in [4.69, 9.17) is 0 Å². The Morgan fingerprint density at radius 2 is 1.82 bits per heavy atom. The van der Waals surface area contributed by atoms with Crippen LogP contribution in [0.2, 0.25) is 0 Å². The highest BCUT2D eigenvalue weighted by Crippen LogP contribution is 1.96. The van der Waals surface area contributed by atoms with Gasteiger partial charge in [0.05, 0.1) is 0 Å². The first kappa shape index (κ1) is 15.2. The molecule has 1 aromatic carbocycles. The second kappa shape index (κ2) is 9.39. The maximum absolute atomic E-state index is 11.5. The van der Waals surface area contributed by atoms with Crippen molar-refractivity contribution in [1.29, 1.82) is 0 Å². The fourth-order valence-corrected chi connectivity index (χ4v) is 1.19. The number of rotatable bonds is 2. The number of benzene rings is 1. The molecule has 0 aliphatic heterocycles. The van der Waals surface area contributed by atoms with Crippen LogP contribution < -0.4 is 10.6 Å². The van der Waals surface area contributed by atoms with Gasteiger partial charge in [-0.05, 0) is 5.56 Å². The summed E-state index contributed by atoms with van der Waals surface area (Å²) in [7, 11) is 3.25. The van der Waals surface area contributed by atoms with Gasteiger partial charge >= 0.3 is 0 Å².